The highest BCUT2D eigenvalue weighted by Gasteiger charge is 2.21. The molecule has 0 spiro atoms. The minimum absolute atomic E-state index is 0.00280. The minimum atomic E-state index is -0.00280. The van der Waals surface area contributed by atoms with Gasteiger partial charge in [-0.2, -0.15) is 0 Å². The first kappa shape index (κ1) is 18.0. The molecule has 1 amide bonds. The maximum atomic E-state index is 12.6. The Hall–Kier alpha value is -2.76. The first-order valence-corrected chi connectivity index (χ1v) is 8.69. The van der Waals surface area contributed by atoms with E-state index in [4.69, 9.17) is 9.47 Å². The summed E-state index contributed by atoms with van der Waals surface area (Å²) < 4.78 is 12.1. The molecule has 0 radical (unpaired) electrons. The summed E-state index contributed by atoms with van der Waals surface area (Å²) in [5.74, 6) is 1.48. The molecule has 0 saturated carbocycles. The largest absolute Gasteiger partial charge is 0.493 e. The number of hydrogen-bond donors (Lipinski definition) is 0. The van der Waals surface area contributed by atoms with Gasteiger partial charge in [0.25, 0.3) is 5.56 Å². The van der Waals surface area contributed by atoms with E-state index in [0.29, 0.717) is 37.4 Å². The Morgan fingerprint density at radius 1 is 1.12 bits per heavy atom. The van der Waals surface area contributed by atoms with Gasteiger partial charge in [0, 0.05) is 38.8 Å². The second kappa shape index (κ2) is 7.64. The van der Waals surface area contributed by atoms with Crippen LogP contribution >= 0.6 is 0 Å². The van der Waals surface area contributed by atoms with Crippen molar-refractivity contribution in [3.05, 3.63) is 57.5 Å². The lowest BCUT2D eigenvalue weighted by molar-refractivity contribution is -0.132. The molecule has 26 heavy (non-hydrogen) atoms. The Kier molecular flexibility index (Phi) is 5.30. The number of carbonyl (C=O) groups excluding carboxylic acids is 1. The zero-order valence-corrected chi connectivity index (χ0v) is 15.4. The van der Waals surface area contributed by atoms with E-state index in [9.17, 15) is 9.59 Å². The zero-order valence-electron chi connectivity index (χ0n) is 15.4. The van der Waals surface area contributed by atoms with Crippen LogP contribution in [0.1, 0.15) is 23.1 Å². The van der Waals surface area contributed by atoms with E-state index < -0.39 is 0 Å². The smallest absolute Gasteiger partial charge is 0.250 e. The molecular formula is C20H24N2O4. The SMILES string of the molecule is COc1ccc(CCC(=O)N2CCc3cc(=O)n(C)cc3C2)cc1OC. The molecule has 0 N–H and O–H groups in total. The van der Waals surface area contributed by atoms with E-state index in [-0.39, 0.29) is 11.5 Å². The van der Waals surface area contributed by atoms with Gasteiger partial charge in [0.2, 0.25) is 5.91 Å². The second-order valence-electron chi connectivity index (χ2n) is 6.53. The fourth-order valence-electron chi connectivity index (χ4n) is 3.30. The van der Waals surface area contributed by atoms with Crippen molar-refractivity contribution in [1.29, 1.82) is 0 Å². The number of ether oxygens (including phenoxy) is 2. The topological polar surface area (TPSA) is 60.8 Å². The van der Waals surface area contributed by atoms with Gasteiger partial charge in [-0.15, -0.1) is 0 Å². The van der Waals surface area contributed by atoms with Gasteiger partial charge >= 0.3 is 0 Å². The standard InChI is InChI=1S/C20H24N2O4/c1-21-12-16-13-22(9-8-15(16)11-20(21)24)19(23)7-5-14-4-6-17(25-2)18(10-14)26-3/h4,6,10-12H,5,7-9,13H2,1-3H3. The van der Waals surface area contributed by atoms with Crippen LogP contribution in [0.4, 0.5) is 0 Å². The average molecular weight is 356 g/mol. The van der Waals surface area contributed by atoms with Gasteiger partial charge in [-0.25, -0.2) is 0 Å². The third kappa shape index (κ3) is 3.74. The first-order chi connectivity index (χ1) is 12.5. The van der Waals surface area contributed by atoms with Crippen LogP contribution in [0.15, 0.2) is 35.3 Å². The van der Waals surface area contributed by atoms with Gasteiger partial charge in [-0.1, -0.05) is 6.07 Å². The van der Waals surface area contributed by atoms with Crippen molar-refractivity contribution < 1.29 is 14.3 Å². The van der Waals surface area contributed by atoms with E-state index in [1.54, 1.807) is 31.9 Å². The summed E-state index contributed by atoms with van der Waals surface area (Å²) in [6.07, 6.45) is 3.66. The Labute approximate surface area is 153 Å². The molecular weight excluding hydrogens is 332 g/mol. The monoisotopic (exact) mass is 356 g/mol. The lowest BCUT2D eigenvalue weighted by Crippen LogP contribution is -2.37. The van der Waals surface area contributed by atoms with E-state index in [2.05, 4.69) is 0 Å². The van der Waals surface area contributed by atoms with Gasteiger partial charge in [0.05, 0.1) is 14.2 Å². The summed E-state index contributed by atoms with van der Waals surface area (Å²) in [7, 11) is 4.94. The summed E-state index contributed by atoms with van der Waals surface area (Å²) in [5, 5.41) is 0. The number of fused-ring (bicyclic) bond motifs is 1. The van der Waals surface area contributed by atoms with Crippen LogP contribution in [0, 0.1) is 0 Å². The molecule has 0 unspecified atom stereocenters. The average Bonchev–Trinajstić information content (AvgIpc) is 2.66. The van der Waals surface area contributed by atoms with E-state index in [1.807, 2.05) is 29.3 Å². The number of methoxy groups -OCH3 is 2. The summed E-state index contributed by atoms with van der Waals surface area (Å²) in [5.41, 5.74) is 3.14. The molecule has 2 aromatic rings. The van der Waals surface area contributed by atoms with Gasteiger partial charge in [-0.3, -0.25) is 9.59 Å². The van der Waals surface area contributed by atoms with Crippen molar-refractivity contribution in [3.8, 4) is 11.5 Å². The molecule has 1 aliphatic heterocycles. The van der Waals surface area contributed by atoms with Crippen LogP contribution in [0.2, 0.25) is 0 Å². The van der Waals surface area contributed by atoms with Crippen LogP contribution in [-0.2, 0) is 31.2 Å². The molecule has 0 aliphatic carbocycles. The molecule has 1 aromatic heterocycles. The maximum Gasteiger partial charge on any atom is 0.250 e. The molecule has 0 atom stereocenters. The normalized spacial score (nSPS) is 13.3. The van der Waals surface area contributed by atoms with Gasteiger partial charge < -0.3 is 18.9 Å². The minimum Gasteiger partial charge on any atom is -0.493 e. The van der Waals surface area contributed by atoms with Crippen molar-refractivity contribution in [3.63, 3.8) is 0 Å². The predicted molar refractivity (Wildman–Crippen MR) is 98.7 cm³/mol. The quantitative estimate of drug-likeness (QED) is 0.821. The molecule has 0 saturated heterocycles. The molecule has 1 aliphatic rings. The fraction of sp³-hybridized carbons (Fsp3) is 0.400. The number of carbonyl (C=O) groups is 1. The van der Waals surface area contributed by atoms with Gasteiger partial charge in [-0.05, 0) is 41.7 Å². The lowest BCUT2D eigenvalue weighted by atomic mass is 10.0. The van der Waals surface area contributed by atoms with Crippen LogP contribution in [-0.4, -0.2) is 36.1 Å². The van der Waals surface area contributed by atoms with E-state index in [1.165, 1.54) is 0 Å². The Bertz CT molecular complexity index is 873. The predicted octanol–water partition coefficient (Wildman–Crippen LogP) is 1.92. The molecule has 2 heterocycles. The third-order valence-corrected chi connectivity index (χ3v) is 4.85. The number of aromatic nitrogens is 1. The third-order valence-electron chi connectivity index (χ3n) is 4.85. The van der Waals surface area contributed by atoms with Gasteiger partial charge in [0.1, 0.15) is 0 Å². The van der Waals surface area contributed by atoms with Crippen molar-refractivity contribution in [1.82, 2.24) is 9.47 Å². The van der Waals surface area contributed by atoms with Crippen LogP contribution < -0.4 is 15.0 Å². The number of benzene rings is 1. The first-order valence-electron chi connectivity index (χ1n) is 8.69. The fourth-order valence-corrected chi connectivity index (χ4v) is 3.30. The Balaban J connectivity index is 1.64. The van der Waals surface area contributed by atoms with Crippen LogP contribution in [0.5, 0.6) is 11.5 Å². The highest BCUT2D eigenvalue weighted by Crippen LogP contribution is 2.28. The molecule has 0 fully saturated rings. The number of aryl methyl sites for hydroxylation is 2. The van der Waals surface area contributed by atoms with Crippen LogP contribution in [0.25, 0.3) is 0 Å². The van der Waals surface area contributed by atoms with E-state index >= 15 is 0 Å². The van der Waals surface area contributed by atoms with Crippen LogP contribution in [0.3, 0.4) is 0 Å². The van der Waals surface area contributed by atoms with Crippen molar-refractivity contribution in [2.75, 3.05) is 20.8 Å². The van der Waals surface area contributed by atoms with E-state index in [0.717, 1.165) is 23.1 Å². The van der Waals surface area contributed by atoms with Crippen molar-refractivity contribution >= 4 is 5.91 Å². The number of amides is 1. The molecule has 6 heteroatoms. The number of nitrogens with zero attached hydrogens (tertiary/aromatic N) is 2. The van der Waals surface area contributed by atoms with Gasteiger partial charge in [0.15, 0.2) is 11.5 Å². The number of pyridine rings is 1. The summed E-state index contributed by atoms with van der Waals surface area (Å²) in [6.45, 7) is 1.22. The summed E-state index contributed by atoms with van der Waals surface area (Å²) in [4.78, 5) is 26.2. The molecule has 6 nitrogen and oxygen atoms in total. The number of hydrogen-bond acceptors (Lipinski definition) is 4. The molecule has 1 aromatic carbocycles. The van der Waals surface area contributed by atoms with Crippen molar-refractivity contribution in [2.45, 2.75) is 25.8 Å². The zero-order chi connectivity index (χ0) is 18.7. The highest BCUT2D eigenvalue weighted by molar-refractivity contribution is 5.76. The number of rotatable bonds is 5. The molecule has 138 valence electrons. The maximum absolute atomic E-state index is 12.6. The lowest BCUT2D eigenvalue weighted by Gasteiger charge is -2.29. The summed E-state index contributed by atoms with van der Waals surface area (Å²) >= 11 is 0. The molecule has 0 bridgehead atoms. The Morgan fingerprint density at radius 3 is 2.62 bits per heavy atom. The Morgan fingerprint density at radius 2 is 1.88 bits per heavy atom. The summed E-state index contributed by atoms with van der Waals surface area (Å²) in [6, 6.07) is 7.40. The molecule has 3 rings (SSSR count). The second-order valence-corrected chi connectivity index (χ2v) is 6.53. The van der Waals surface area contributed by atoms with Crippen molar-refractivity contribution in [2.24, 2.45) is 7.05 Å². The highest BCUT2D eigenvalue weighted by atomic mass is 16.5.